The zero-order chi connectivity index (χ0) is 25.8. The molecule has 1 unspecified atom stereocenters. The van der Waals surface area contributed by atoms with Crippen molar-refractivity contribution in [2.45, 2.75) is 32.4 Å². The van der Waals surface area contributed by atoms with Gasteiger partial charge in [-0.3, -0.25) is 14.5 Å². The van der Waals surface area contributed by atoms with Crippen LogP contribution in [0.5, 0.6) is 17.2 Å². The van der Waals surface area contributed by atoms with Crippen LogP contribution in [-0.4, -0.2) is 41.3 Å². The van der Waals surface area contributed by atoms with Crippen molar-refractivity contribution in [3.8, 4) is 17.2 Å². The molecule has 0 saturated carbocycles. The molecule has 0 aliphatic carbocycles. The summed E-state index contributed by atoms with van der Waals surface area (Å²) in [6, 6.07) is 21.3. The molecule has 190 valence electrons. The molecule has 3 aromatic rings. The van der Waals surface area contributed by atoms with Crippen molar-refractivity contribution < 1.29 is 23.8 Å². The Balaban J connectivity index is 1.35. The monoisotopic (exact) mass is 517 g/mol. The van der Waals surface area contributed by atoms with E-state index in [4.69, 9.17) is 26.4 Å². The fourth-order valence-corrected chi connectivity index (χ4v) is 4.69. The molecule has 0 spiro atoms. The van der Waals surface area contributed by atoms with Crippen LogP contribution in [0.25, 0.3) is 0 Å². The normalized spacial score (nSPS) is 16.3. The smallest absolute Gasteiger partial charge is 0.256 e. The van der Waals surface area contributed by atoms with E-state index in [1.54, 1.807) is 17.0 Å². The van der Waals surface area contributed by atoms with Crippen molar-refractivity contribution in [2.24, 2.45) is 0 Å². The maximum atomic E-state index is 13.6. The van der Waals surface area contributed by atoms with Gasteiger partial charge in [0.25, 0.3) is 5.91 Å². The minimum Gasteiger partial charge on any atom is -0.494 e. The van der Waals surface area contributed by atoms with Gasteiger partial charge in [-0.2, -0.15) is 0 Å². The second kappa shape index (κ2) is 10.9. The minimum absolute atomic E-state index is 0.0546. The number of hydrogen-bond donors (Lipinski definition) is 1. The Kier molecular flexibility index (Phi) is 7.23. The summed E-state index contributed by atoms with van der Waals surface area (Å²) in [5.74, 6) is 1.54. The molecular formula is C28H27N3O5S. The topological polar surface area (TPSA) is 80.3 Å². The molecule has 2 aliphatic heterocycles. The van der Waals surface area contributed by atoms with Gasteiger partial charge in [-0.25, -0.2) is 0 Å². The number of thiocarbonyl (C=S) groups is 1. The Hall–Kier alpha value is -4.11. The van der Waals surface area contributed by atoms with Gasteiger partial charge in [0, 0.05) is 12.2 Å². The number of fused-ring (bicyclic) bond motifs is 1. The number of hydrogen-bond acceptors (Lipinski definition) is 6. The summed E-state index contributed by atoms with van der Waals surface area (Å²) >= 11 is 5.76. The molecule has 9 heteroatoms. The second-order valence-corrected chi connectivity index (χ2v) is 9.11. The van der Waals surface area contributed by atoms with E-state index in [1.807, 2.05) is 67.6 Å². The fourth-order valence-electron chi connectivity index (χ4n) is 4.31. The third-order valence-corrected chi connectivity index (χ3v) is 6.53. The van der Waals surface area contributed by atoms with Crippen molar-refractivity contribution in [3.63, 3.8) is 0 Å². The molecule has 5 rings (SSSR count). The molecule has 1 atom stereocenters. The van der Waals surface area contributed by atoms with Gasteiger partial charge in [-0.1, -0.05) is 31.2 Å². The zero-order valence-corrected chi connectivity index (χ0v) is 21.2. The number of rotatable bonds is 9. The molecule has 0 aromatic heterocycles. The Morgan fingerprint density at radius 2 is 1.81 bits per heavy atom. The molecular weight excluding hydrogens is 490 g/mol. The largest absolute Gasteiger partial charge is 0.494 e. The van der Waals surface area contributed by atoms with Crippen molar-refractivity contribution in [3.05, 3.63) is 78.4 Å². The van der Waals surface area contributed by atoms with Gasteiger partial charge in [0.1, 0.15) is 11.8 Å². The van der Waals surface area contributed by atoms with Gasteiger partial charge < -0.3 is 24.4 Å². The highest BCUT2D eigenvalue weighted by molar-refractivity contribution is 7.80. The Morgan fingerprint density at radius 3 is 2.57 bits per heavy atom. The molecule has 2 aliphatic rings. The SMILES string of the molecule is CCCOc1ccc(NC(=O)CC2C(=O)N(c3ccccc3)C(=S)N2Cc2ccc3c(c2)OCO3)cc1. The summed E-state index contributed by atoms with van der Waals surface area (Å²) in [5.41, 5.74) is 2.19. The average Bonchev–Trinajstić information content (AvgIpc) is 3.47. The molecule has 2 amide bonds. The number of nitrogens with one attached hydrogen (secondary N) is 1. The van der Waals surface area contributed by atoms with Crippen LogP contribution in [0.2, 0.25) is 0 Å². The highest BCUT2D eigenvalue weighted by Crippen LogP contribution is 2.34. The lowest BCUT2D eigenvalue weighted by Gasteiger charge is -2.24. The molecule has 0 bridgehead atoms. The van der Waals surface area contributed by atoms with Crippen LogP contribution in [0.15, 0.2) is 72.8 Å². The lowest BCUT2D eigenvalue weighted by Crippen LogP contribution is -2.37. The van der Waals surface area contributed by atoms with Crippen molar-refractivity contribution in [1.29, 1.82) is 0 Å². The van der Waals surface area contributed by atoms with Crippen LogP contribution in [0, 0.1) is 0 Å². The lowest BCUT2D eigenvalue weighted by molar-refractivity contribution is -0.124. The number of anilines is 2. The van der Waals surface area contributed by atoms with Crippen molar-refractivity contribution in [1.82, 2.24) is 4.90 Å². The van der Waals surface area contributed by atoms with Crippen LogP contribution < -0.4 is 24.4 Å². The highest BCUT2D eigenvalue weighted by atomic mass is 32.1. The van der Waals surface area contributed by atoms with Crippen molar-refractivity contribution >= 4 is 40.5 Å². The van der Waals surface area contributed by atoms with Crippen LogP contribution >= 0.6 is 12.2 Å². The molecule has 0 radical (unpaired) electrons. The van der Waals surface area contributed by atoms with Gasteiger partial charge in [0.2, 0.25) is 12.7 Å². The third-order valence-electron chi connectivity index (χ3n) is 6.11. The summed E-state index contributed by atoms with van der Waals surface area (Å²) < 4.78 is 16.5. The first-order chi connectivity index (χ1) is 18.0. The molecule has 37 heavy (non-hydrogen) atoms. The standard InChI is InChI=1S/C28H27N3O5S/c1-2-14-34-22-11-9-20(10-12-22)29-26(32)16-23-27(33)31(21-6-4-3-5-7-21)28(37)30(23)17-19-8-13-24-25(15-19)36-18-35-24/h3-13,15,23H,2,14,16-18H2,1H3,(H,29,32). The molecule has 1 saturated heterocycles. The number of carbonyl (C=O) groups is 2. The van der Waals surface area contributed by atoms with E-state index < -0.39 is 6.04 Å². The molecule has 3 aromatic carbocycles. The van der Waals surface area contributed by atoms with Gasteiger partial charge in [0.15, 0.2) is 16.6 Å². The maximum absolute atomic E-state index is 13.6. The van der Waals surface area contributed by atoms with Gasteiger partial charge in [-0.05, 0) is 72.7 Å². The molecule has 2 heterocycles. The van der Waals surface area contributed by atoms with Crippen molar-refractivity contribution in [2.75, 3.05) is 23.6 Å². The van der Waals surface area contributed by atoms with Crippen LogP contribution in [-0.2, 0) is 16.1 Å². The molecule has 1 N–H and O–H groups in total. The predicted octanol–water partition coefficient (Wildman–Crippen LogP) is 4.74. The summed E-state index contributed by atoms with van der Waals surface area (Å²) in [4.78, 5) is 29.9. The van der Waals surface area contributed by atoms with E-state index in [9.17, 15) is 9.59 Å². The quantitative estimate of drug-likeness (QED) is 0.411. The Labute approximate surface area is 220 Å². The molecule has 8 nitrogen and oxygen atoms in total. The number of carbonyl (C=O) groups excluding carboxylic acids is 2. The zero-order valence-electron chi connectivity index (χ0n) is 20.4. The Morgan fingerprint density at radius 1 is 1.05 bits per heavy atom. The van der Waals surface area contributed by atoms with Gasteiger partial charge in [0.05, 0.1) is 18.7 Å². The number of amides is 2. The van der Waals surface area contributed by atoms with Crippen LogP contribution in [0.4, 0.5) is 11.4 Å². The van der Waals surface area contributed by atoms with E-state index in [1.165, 1.54) is 4.90 Å². The third kappa shape index (κ3) is 5.36. The van der Waals surface area contributed by atoms with Crippen LogP contribution in [0.1, 0.15) is 25.3 Å². The van der Waals surface area contributed by atoms with Crippen LogP contribution in [0.3, 0.4) is 0 Å². The number of nitrogens with zero attached hydrogens (tertiary/aromatic N) is 2. The number of benzene rings is 3. The highest BCUT2D eigenvalue weighted by Gasteiger charge is 2.44. The Bertz CT molecular complexity index is 1300. The molecule has 1 fully saturated rings. The number of para-hydroxylation sites is 1. The summed E-state index contributed by atoms with van der Waals surface area (Å²) in [6.45, 7) is 3.19. The second-order valence-electron chi connectivity index (χ2n) is 8.75. The van der Waals surface area contributed by atoms with Gasteiger partial charge >= 0.3 is 0 Å². The minimum atomic E-state index is -0.759. The van der Waals surface area contributed by atoms with Gasteiger partial charge in [-0.15, -0.1) is 0 Å². The summed E-state index contributed by atoms with van der Waals surface area (Å²) in [6.07, 6.45) is 0.861. The van der Waals surface area contributed by atoms with E-state index in [2.05, 4.69) is 5.32 Å². The maximum Gasteiger partial charge on any atom is 0.256 e. The predicted molar refractivity (Wildman–Crippen MR) is 144 cm³/mol. The van der Waals surface area contributed by atoms with E-state index in [-0.39, 0.29) is 25.0 Å². The first kappa shape index (κ1) is 24.6. The van der Waals surface area contributed by atoms with E-state index >= 15 is 0 Å². The van der Waals surface area contributed by atoms with E-state index in [0.29, 0.717) is 41.1 Å². The number of ether oxygens (including phenoxy) is 3. The van der Waals surface area contributed by atoms with E-state index in [0.717, 1.165) is 17.7 Å². The summed E-state index contributed by atoms with van der Waals surface area (Å²) in [7, 11) is 0. The lowest BCUT2D eigenvalue weighted by atomic mass is 10.1. The first-order valence-corrected chi connectivity index (χ1v) is 12.5. The summed E-state index contributed by atoms with van der Waals surface area (Å²) in [5, 5.41) is 3.24. The fraction of sp³-hybridized carbons (Fsp3) is 0.250. The first-order valence-electron chi connectivity index (χ1n) is 12.1. The average molecular weight is 518 g/mol.